The molecule has 1 heterocycles. The second kappa shape index (κ2) is 9.30. The molecular weight excluding hydrogens is 408 g/mol. The van der Waals surface area contributed by atoms with Crippen molar-refractivity contribution in [1.82, 2.24) is 10.6 Å². The number of carbonyl (C=O) groups excluding carboxylic acids is 1. The van der Waals surface area contributed by atoms with Gasteiger partial charge in [0.1, 0.15) is 11.6 Å². The van der Waals surface area contributed by atoms with Crippen LogP contribution in [0.2, 0.25) is 0 Å². The van der Waals surface area contributed by atoms with E-state index in [2.05, 4.69) is 10.6 Å². The van der Waals surface area contributed by atoms with E-state index < -0.39 is 15.9 Å². The van der Waals surface area contributed by atoms with E-state index >= 15 is 0 Å². The van der Waals surface area contributed by atoms with Crippen molar-refractivity contribution in [3.8, 4) is 17.6 Å². The SMILES string of the molecule is N#C/C(=C/NCCc1ccc(S(N)(=O)=O)cc1)C(=O)NCc1ccc2c(c1)OCO2. The van der Waals surface area contributed by atoms with E-state index in [0.29, 0.717) is 24.5 Å². The van der Waals surface area contributed by atoms with Crippen molar-refractivity contribution in [3.05, 3.63) is 65.4 Å². The molecule has 0 atom stereocenters. The van der Waals surface area contributed by atoms with Crippen LogP contribution < -0.4 is 25.2 Å². The van der Waals surface area contributed by atoms with Gasteiger partial charge in [-0.05, 0) is 41.8 Å². The molecule has 0 aliphatic carbocycles. The highest BCUT2D eigenvalue weighted by atomic mass is 32.2. The van der Waals surface area contributed by atoms with E-state index in [1.54, 1.807) is 24.3 Å². The number of fused-ring (bicyclic) bond motifs is 1. The first-order valence-corrected chi connectivity index (χ1v) is 10.5. The van der Waals surface area contributed by atoms with Crippen LogP contribution in [0.15, 0.2) is 59.1 Å². The molecule has 4 N–H and O–H groups in total. The lowest BCUT2D eigenvalue weighted by molar-refractivity contribution is -0.117. The number of nitriles is 1. The summed E-state index contributed by atoms with van der Waals surface area (Å²) in [7, 11) is -3.72. The van der Waals surface area contributed by atoms with Crippen LogP contribution in [0.1, 0.15) is 11.1 Å². The summed E-state index contributed by atoms with van der Waals surface area (Å²) in [4.78, 5) is 12.3. The standard InChI is InChI=1S/C20H20N4O5S/c21-10-16(12-23-8-7-14-1-4-17(5-2-14)30(22,26)27)20(25)24-11-15-3-6-18-19(9-15)29-13-28-18/h1-6,9,12,23H,7-8,11,13H2,(H,24,25)(H2,22,26,27)/b16-12-. The topological polar surface area (TPSA) is 144 Å². The number of nitrogens with two attached hydrogens (primary N) is 1. The smallest absolute Gasteiger partial charge is 0.263 e. The minimum atomic E-state index is -3.72. The van der Waals surface area contributed by atoms with Crippen LogP contribution in [0, 0.1) is 11.3 Å². The maximum absolute atomic E-state index is 12.2. The van der Waals surface area contributed by atoms with Crippen LogP contribution >= 0.6 is 0 Å². The number of hydrogen-bond acceptors (Lipinski definition) is 7. The molecule has 0 saturated carbocycles. The van der Waals surface area contributed by atoms with Gasteiger partial charge in [0.05, 0.1) is 4.90 Å². The van der Waals surface area contributed by atoms with Crippen molar-refractivity contribution in [2.45, 2.75) is 17.9 Å². The fourth-order valence-electron chi connectivity index (χ4n) is 2.71. The monoisotopic (exact) mass is 428 g/mol. The lowest BCUT2D eigenvalue weighted by Crippen LogP contribution is -2.25. The highest BCUT2D eigenvalue weighted by Crippen LogP contribution is 2.32. The average Bonchev–Trinajstić information content (AvgIpc) is 3.19. The molecule has 1 aliphatic rings. The molecule has 1 aliphatic heterocycles. The number of benzene rings is 2. The van der Waals surface area contributed by atoms with Crippen molar-refractivity contribution < 1.29 is 22.7 Å². The van der Waals surface area contributed by atoms with E-state index in [0.717, 1.165) is 11.1 Å². The first-order valence-electron chi connectivity index (χ1n) is 8.99. The Labute approximate surface area is 174 Å². The molecular formula is C20H20N4O5S. The van der Waals surface area contributed by atoms with Gasteiger partial charge in [0, 0.05) is 19.3 Å². The van der Waals surface area contributed by atoms with Crippen LogP contribution in [0.5, 0.6) is 11.5 Å². The quantitative estimate of drug-likeness (QED) is 0.322. The van der Waals surface area contributed by atoms with Crippen LogP contribution in [-0.4, -0.2) is 27.7 Å². The molecule has 30 heavy (non-hydrogen) atoms. The number of sulfonamides is 1. The molecule has 2 aromatic carbocycles. The summed E-state index contributed by atoms with van der Waals surface area (Å²) < 4.78 is 33.0. The Hall–Kier alpha value is -3.55. The molecule has 1 amide bonds. The molecule has 2 aromatic rings. The largest absolute Gasteiger partial charge is 0.454 e. The third-order valence-electron chi connectivity index (χ3n) is 4.31. The highest BCUT2D eigenvalue weighted by Gasteiger charge is 2.14. The fraction of sp³-hybridized carbons (Fsp3) is 0.200. The van der Waals surface area contributed by atoms with Crippen LogP contribution in [0.25, 0.3) is 0 Å². The Bertz CT molecular complexity index is 1110. The zero-order chi connectivity index (χ0) is 21.6. The minimum absolute atomic E-state index is 0.0463. The Morgan fingerprint density at radius 1 is 1.13 bits per heavy atom. The van der Waals surface area contributed by atoms with Gasteiger partial charge in [-0.2, -0.15) is 5.26 Å². The second-order valence-electron chi connectivity index (χ2n) is 6.43. The summed E-state index contributed by atoms with van der Waals surface area (Å²) in [6.07, 6.45) is 1.92. The number of nitrogens with zero attached hydrogens (tertiary/aromatic N) is 1. The van der Waals surface area contributed by atoms with Gasteiger partial charge in [0.15, 0.2) is 11.5 Å². The highest BCUT2D eigenvalue weighted by molar-refractivity contribution is 7.89. The van der Waals surface area contributed by atoms with Gasteiger partial charge in [0.25, 0.3) is 5.91 Å². The summed E-state index contributed by atoms with van der Waals surface area (Å²) >= 11 is 0. The second-order valence-corrected chi connectivity index (χ2v) is 7.99. The van der Waals surface area contributed by atoms with Gasteiger partial charge in [0.2, 0.25) is 16.8 Å². The van der Waals surface area contributed by atoms with Crippen molar-refractivity contribution in [2.75, 3.05) is 13.3 Å². The number of nitrogens with one attached hydrogen (secondary N) is 2. The zero-order valence-electron chi connectivity index (χ0n) is 15.9. The minimum Gasteiger partial charge on any atom is -0.454 e. The number of primary sulfonamides is 1. The van der Waals surface area contributed by atoms with Gasteiger partial charge in [-0.15, -0.1) is 0 Å². The van der Waals surface area contributed by atoms with Gasteiger partial charge in [-0.3, -0.25) is 4.79 Å². The van der Waals surface area contributed by atoms with Crippen molar-refractivity contribution in [2.24, 2.45) is 5.14 Å². The molecule has 0 spiro atoms. The fourth-order valence-corrected chi connectivity index (χ4v) is 3.23. The van der Waals surface area contributed by atoms with Crippen LogP contribution in [-0.2, 0) is 27.8 Å². The summed E-state index contributed by atoms with van der Waals surface area (Å²) in [6.45, 7) is 0.870. The third-order valence-corrected chi connectivity index (χ3v) is 5.24. The van der Waals surface area contributed by atoms with Gasteiger partial charge < -0.3 is 20.1 Å². The zero-order valence-corrected chi connectivity index (χ0v) is 16.7. The predicted octanol–water partition coefficient (Wildman–Crippen LogP) is 0.919. The third kappa shape index (κ3) is 5.50. The molecule has 0 aromatic heterocycles. The van der Waals surface area contributed by atoms with Crippen LogP contribution in [0.3, 0.4) is 0 Å². The lowest BCUT2D eigenvalue weighted by Gasteiger charge is -2.07. The average molecular weight is 428 g/mol. The molecule has 3 rings (SSSR count). The number of hydrogen-bond donors (Lipinski definition) is 3. The first kappa shape index (κ1) is 21.2. The van der Waals surface area contributed by atoms with Crippen LogP contribution in [0.4, 0.5) is 0 Å². The van der Waals surface area contributed by atoms with Gasteiger partial charge in [-0.1, -0.05) is 18.2 Å². The van der Waals surface area contributed by atoms with E-state index in [-0.39, 0.29) is 23.8 Å². The summed E-state index contributed by atoms with van der Waals surface area (Å²) in [5.41, 5.74) is 1.65. The molecule has 9 nitrogen and oxygen atoms in total. The number of ether oxygens (including phenoxy) is 2. The Kier molecular flexibility index (Phi) is 6.56. The normalized spacial score (nSPS) is 12.9. The van der Waals surface area contributed by atoms with E-state index in [9.17, 15) is 18.5 Å². The van der Waals surface area contributed by atoms with E-state index in [1.165, 1.54) is 18.3 Å². The molecule has 0 radical (unpaired) electrons. The molecule has 10 heteroatoms. The maximum Gasteiger partial charge on any atom is 0.263 e. The Morgan fingerprint density at radius 2 is 1.83 bits per heavy atom. The molecule has 156 valence electrons. The first-order chi connectivity index (χ1) is 14.4. The lowest BCUT2D eigenvalue weighted by atomic mass is 10.1. The van der Waals surface area contributed by atoms with Crippen molar-refractivity contribution in [1.29, 1.82) is 5.26 Å². The van der Waals surface area contributed by atoms with E-state index in [4.69, 9.17) is 14.6 Å². The van der Waals surface area contributed by atoms with Gasteiger partial charge in [-0.25, -0.2) is 13.6 Å². The Morgan fingerprint density at radius 3 is 2.53 bits per heavy atom. The number of carbonyl (C=O) groups is 1. The summed E-state index contributed by atoms with van der Waals surface area (Å²) in [5.74, 6) is 0.780. The van der Waals surface area contributed by atoms with Crippen molar-refractivity contribution >= 4 is 15.9 Å². The summed E-state index contributed by atoms with van der Waals surface area (Å²) in [6, 6.07) is 13.4. The van der Waals surface area contributed by atoms with Gasteiger partial charge >= 0.3 is 0 Å². The maximum atomic E-state index is 12.2. The molecule has 0 fully saturated rings. The number of rotatable bonds is 8. The predicted molar refractivity (Wildman–Crippen MR) is 108 cm³/mol. The number of amides is 1. The van der Waals surface area contributed by atoms with E-state index in [1.807, 2.05) is 12.1 Å². The molecule has 0 bridgehead atoms. The molecule has 0 unspecified atom stereocenters. The molecule has 0 saturated heterocycles. The van der Waals surface area contributed by atoms with Crippen molar-refractivity contribution in [3.63, 3.8) is 0 Å². The summed E-state index contributed by atoms with van der Waals surface area (Å²) in [5, 5.41) is 19.9. The Balaban J connectivity index is 1.48.